The smallest absolute Gasteiger partial charge is 0.0399 e. The average molecular weight is 204 g/mol. The Morgan fingerprint density at radius 3 is 2.80 bits per heavy atom. The first kappa shape index (κ1) is 10.5. The lowest BCUT2D eigenvalue weighted by atomic mass is 10.1. The molecule has 82 valence electrons. The summed E-state index contributed by atoms with van der Waals surface area (Å²) in [7, 11) is 2.05. The van der Waals surface area contributed by atoms with Gasteiger partial charge in [0.2, 0.25) is 0 Å². The fourth-order valence-corrected chi connectivity index (χ4v) is 2.29. The first-order valence-electron chi connectivity index (χ1n) is 5.71. The predicted molar refractivity (Wildman–Crippen MR) is 65.6 cm³/mol. The molecule has 1 aromatic carbocycles. The van der Waals surface area contributed by atoms with Gasteiger partial charge in [0.05, 0.1) is 0 Å². The minimum absolute atomic E-state index is 0.657. The van der Waals surface area contributed by atoms with Crippen molar-refractivity contribution in [2.24, 2.45) is 0 Å². The molecule has 1 aliphatic rings. The molecule has 0 amide bonds. The minimum atomic E-state index is 0.657. The molecule has 0 aromatic heterocycles. The highest BCUT2D eigenvalue weighted by Crippen LogP contribution is 2.25. The highest BCUT2D eigenvalue weighted by molar-refractivity contribution is 5.56. The maximum atomic E-state index is 3.36. The fraction of sp³-hybridized carbons (Fsp3) is 0.538. The van der Waals surface area contributed by atoms with Gasteiger partial charge in [-0.25, -0.2) is 0 Å². The van der Waals surface area contributed by atoms with E-state index >= 15 is 0 Å². The molecule has 1 heterocycles. The van der Waals surface area contributed by atoms with Crippen LogP contribution in [0, 0.1) is 13.8 Å². The number of benzene rings is 1. The summed E-state index contributed by atoms with van der Waals surface area (Å²) < 4.78 is 0. The summed E-state index contributed by atoms with van der Waals surface area (Å²) in [4.78, 5) is 2.49. The zero-order chi connectivity index (χ0) is 10.8. The maximum Gasteiger partial charge on any atom is 0.0399 e. The second-order valence-corrected chi connectivity index (χ2v) is 4.44. The van der Waals surface area contributed by atoms with Gasteiger partial charge in [-0.15, -0.1) is 0 Å². The molecule has 2 rings (SSSR count). The van der Waals surface area contributed by atoms with Gasteiger partial charge in [0.25, 0.3) is 0 Å². The number of likely N-dealkylation sites (N-methyl/N-ethyl adjacent to an activating group) is 1. The predicted octanol–water partition coefficient (Wildman–Crippen LogP) is 2.10. The second-order valence-electron chi connectivity index (χ2n) is 4.44. The zero-order valence-electron chi connectivity index (χ0n) is 9.88. The maximum absolute atomic E-state index is 3.36. The SMILES string of the molecule is CNC1CCN(c2cccc(C)c2C)C1. The summed E-state index contributed by atoms with van der Waals surface area (Å²) in [6, 6.07) is 7.24. The van der Waals surface area contributed by atoms with Gasteiger partial charge in [-0.3, -0.25) is 0 Å². The lowest BCUT2D eigenvalue weighted by Crippen LogP contribution is -2.29. The van der Waals surface area contributed by atoms with Crippen molar-refractivity contribution >= 4 is 5.69 Å². The van der Waals surface area contributed by atoms with Crippen molar-refractivity contribution < 1.29 is 0 Å². The number of anilines is 1. The highest BCUT2D eigenvalue weighted by atomic mass is 15.2. The van der Waals surface area contributed by atoms with E-state index in [1.54, 1.807) is 0 Å². The van der Waals surface area contributed by atoms with Crippen molar-refractivity contribution in [1.29, 1.82) is 0 Å². The molecule has 1 saturated heterocycles. The normalized spacial score (nSPS) is 21.0. The van der Waals surface area contributed by atoms with Crippen LogP contribution in [0.3, 0.4) is 0 Å². The molecule has 2 nitrogen and oxygen atoms in total. The van der Waals surface area contributed by atoms with Crippen LogP contribution >= 0.6 is 0 Å². The summed E-state index contributed by atoms with van der Waals surface area (Å²) in [6.45, 7) is 6.72. The first-order chi connectivity index (χ1) is 7.22. The van der Waals surface area contributed by atoms with Crippen LogP contribution in [0.4, 0.5) is 5.69 Å². The van der Waals surface area contributed by atoms with Gasteiger partial charge in [-0.05, 0) is 44.5 Å². The van der Waals surface area contributed by atoms with E-state index in [0.717, 1.165) is 6.54 Å². The molecule has 2 heteroatoms. The van der Waals surface area contributed by atoms with Crippen LogP contribution in [0.1, 0.15) is 17.5 Å². The van der Waals surface area contributed by atoms with Gasteiger partial charge in [0.1, 0.15) is 0 Å². The Kier molecular flexibility index (Phi) is 2.96. The van der Waals surface area contributed by atoms with Crippen molar-refractivity contribution in [3.63, 3.8) is 0 Å². The molecule has 1 unspecified atom stereocenters. The molecule has 0 spiro atoms. The molecule has 0 saturated carbocycles. The van der Waals surface area contributed by atoms with Crippen molar-refractivity contribution in [1.82, 2.24) is 5.32 Å². The number of hydrogen-bond donors (Lipinski definition) is 1. The van der Waals surface area contributed by atoms with E-state index in [-0.39, 0.29) is 0 Å². The van der Waals surface area contributed by atoms with Crippen LogP contribution in [-0.4, -0.2) is 26.2 Å². The Hall–Kier alpha value is -1.02. The molecule has 1 N–H and O–H groups in total. The van der Waals surface area contributed by atoms with Crippen molar-refractivity contribution in [3.05, 3.63) is 29.3 Å². The summed E-state index contributed by atoms with van der Waals surface area (Å²) >= 11 is 0. The summed E-state index contributed by atoms with van der Waals surface area (Å²) in [6.07, 6.45) is 1.25. The first-order valence-corrected chi connectivity index (χ1v) is 5.71. The molecule has 0 bridgehead atoms. The number of rotatable bonds is 2. The molecule has 15 heavy (non-hydrogen) atoms. The quantitative estimate of drug-likeness (QED) is 0.793. The van der Waals surface area contributed by atoms with Gasteiger partial charge in [0, 0.05) is 24.8 Å². The zero-order valence-corrected chi connectivity index (χ0v) is 9.88. The van der Waals surface area contributed by atoms with Crippen LogP contribution in [-0.2, 0) is 0 Å². The van der Waals surface area contributed by atoms with Crippen molar-refractivity contribution in [2.75, 3.05) is 25.0 Å². The van der Waals surface area contributed by atoms with Gasteiger partial charge in [-0.2, -0.15) is 0 Å². The largest absolute Gasteiger partial charge is 0.370 e. The minimum Gasteiger partial charge on any atom is -0.370 e. The van der Waals surface area contributed by atoms with Crippen LogP contribution in [0.2, 0.25) is 0 Å². The molecular weight excluding hydrogens is 184 g/mol. The van der Waals surface area contributed by atoms with Crippen molar-refractivity contribution in [3.8, 4) is 0 Å². The lowest BCUT2D eigenvalue weighted by molar-refractivity contribution is 0.617. The molecule has 1 aliphatic heterocycles. The topological polar surface area (TPSA) is 15.3 Å². The van der Waals surface area contributed by atoms with Crippen LogP contribution in [0.15, 0.2) is 18.2 Å². The summed E-state index contributed by atoms with van der Waals surface area (Å²) in [5.41, 5.74) is 4.22. The highest BCUT2D eigenvalue weighted by Gasteiger charge is 2.22. The Morgan fingerprint density at radius 2 is 2.13 bits per heavy atom. The van der Waals surface area contributed by atoms with E-state index in [0.29, 0.717) is 6.04 Å². The Labute approximate surface area is 92.3 Å². The van der Waals surface area contributed by atoms with E-state index in [1.165, 1.54) is 29.8 Å². The van der Waals surface area contributed by atoms with Gasteiger partial charge in [0.15, 0.2) is 0 Å². The van der Waals surface area contributed by atoms with E-state index in [9.17, 15) is 0 Å². The van der Waals surface area contributed by atoms with E-state index < -0.39 is 0 Å². The molecular formula is C13H20N2. The van der Waals surface area contributed by atoms with Gasteiger partial charge < -0.3 is 10.2 Å². The Bertz CT molecular complexity index is 346. The van der Waals surface area contributed by atoms with Crippen molar-refractivity contribution in [2.45, 2.75) is 26.3 Å². The summed E-state index contributed by atoms with van der Waals surface area (Å²) in [5.74, 6) is 0. The average Bonchev–Trinajstić information content (AvgIpc) is 2.70. The molecule has 1 fully saturated rings. The lowest BCUT2D eigenvalue weighted by Gasteiger charge is -2.21. The van der Waals surface area contributed by atoms with Gasteiger partial charge >= 0.3 is 0 Å². The van der Waals surface area contributed by atoms with Crippen LogP contribution in [0.5, 0.6) is 0 Å². The number of nitrogens with zero attached hydrogens (tertiary/aromatic N) is 1. The monoisotopic (exact) mass is 204 g/mol. The Balaban J connectivity index is 2.20. The number of hydrogen-bond acceptors (Lipinski definition) is 2. The van der Waals surface area contributed by atoms with Gasteiger partial charge in [-0.1, -0.05) is 12.1 Å². The van der Waals surface area contributed by atoms with Crippen LogP contribution in [0.25, 0.3) is 0 Å². The van der Waals surface area contributed by atoms with Crippen LogP contribution < -0.4 is 10.2 Å². The van der Waals surface area contributed by atoms with E-state index in [2.05, 4.69) is 49.3 Å². The third-order valence-corrected chi connectivity index (χ3v) is 3.51. The number of aryl methyl sites for hydroxylation is 1. The standard InChI is InChI=1S/C13H20N2/c1-10-5-4-6-13(11(10)2)15-8-7-12(9-15)14-3/h4-6,12,14H,7-9H2,1-3H3. The molecule has 0 radical (unpaired) electrons. The molecule has 0 aliphatic carbocycles. The molecule has 1 atom stereocenters. The fourth-order valence-electron chi connectivity index (χ4n) is 2.29. The van der Waals surface area contributed by atoms with E-state index in [1.807, 2.05) is 0 Å². The summed E-state index contributed by atoms with van der Waals surface area (Å²) in [5, 5.41) is 3.36. The third kappa shape index (κ3) is 2.00. The second kappa shape index (κ2) is 4.23. The van der Waals surface area contributed by atoms with E-state index in [4.69, 9.17) is 0 Å². The number of nitrogens with one attached hydrogen (secondary N) is 1. The molecule has 1 aromatic rings. The Morgan fingerprint density at radius 1 is 1.33 bits per heavy atom. The third-order valence-electron chi connectivity index (χ3n) is 3.51.